The summed E-state index contributed by atoms with van der Waals surface area (Å²) in [6.07, 6.45) is 6.14. The number of rotatable bonds is 3. The highest BCUT2D eigenvalue weighted by Crippen LogP contribution is 2.36. The van der Waals surface area contributed by atoms with Gasteiger partial charge in [0, 0.05) is 30.5 Å². The Bertz CT molecular complexity index is 530. The summed E-state index contributed by atoms with van der Waals surface area (Å²) in [5.74, 6) is 0.962. The van der Waals surface area contributed by atoms with Gasteiger partial charge in [0.05, 0.1) is 5.69 Å². The molecule has 2 aromatic rings. The number of hydrogen-bond acceptors (Lipinski definition) is 4. The average Bonchev–Trinajstić information content (AvgIpc) is 2.98. The number of pyridine rings is 1. The zero-order valence-corrected chi connectivity index (χ0v) is 11.5. The Morgan fingerprint density at radius 2 is 2.11 bits per heavy atom. The zero-order chi connectivity index (χ0) is 13.2. The maximum atomic E-state index is 5.32. The molecule has 2 aromatic heterocycles. The molecule has 0 N–H and O–H groups in total. The van der Waals surface area contributed by atoms with Crippen LogP contribution in [0.5, 0.6) is 0 Å². The molecule has 4 heteroatoms. The fourth-order valence-electron chi connectivity index (χ4n) is 3.03. The van der Waals surface area contributed by atoms with Gasteiger partial charge >= 0.3 is 0 Å². The molecule has 1 aliphatic rings. The van der Waals surface area contributed by atoms with Crippen LogP contribution in [0.3, 0.4) is 0 Å². The molecule has 0 bridgehead atoms. The van der Waals surface area contributed by atoms with Crippen LogP contribution in [0.2, 0.25) is 0 Å². The predicted molar refractivity (Wildman–Crippen MR) is 72.6 cm³/mol. The quantitative estimate of drug-likeness (QED) is 0.847. The maximum absolute atomic E-state index is 5.32. The van der Waals surface area contributed by atoms with E-state index in [9.17, 15) is 0 Å². The Morgan fingerprint density at radius 1 is 1.32 bits per heavy atom. The van der Waals surface area contributed by atoms with Crippen molar-refractivity contribution in [3.63, 3.8) is 0 Å². The third-order valence-electron chi connectivity index (χ3n) is 3.92. The molecule has 0 amide bonds. The molecule has 19 heavy (non-hydrogen) atoms. The van der Waals surface area contributed by atoms with Gasteiger partial charge in [0.2, 0.25) is 0 Å². The van der Waals surface area contributed by atoms with E-state index in [0.717, 1.165) is 24.5 Å². The summed E-state index contributed by atoms with van der Waals surface area (Å²) in [6.45, 7) is 6.15. The lowest BCUT2D eigenvalue weighted by molar-refractivity contribution is 0.245. The summed E-state index contributed by atoms with van der Waals surface area (Å²) >= 11 is 0. The van der Waals surface area contributed by atoms with Crippen LogP contribution in [-0.2, 0) is 6.54 Å². The Balaban J connectivity index is 1.82. The number of nitrogens with zero attached hydrogens (tertiary/aromatic N) is 3. The lowest BCUT2D eigenvalue weighted by Gasteiger charge is -2.24. The van der Waals surface area contributed by atoms with E-state index in [1.54, 1.807) is 0 Å². The highest BCUT2D eigenvalue weighted by atomic mass is 16.5. The lowest BCUT2D eigenvalue weighted by Crippen LogP contribution is -2.23. The Kier molecular flexibility index (Phi) is 3.34. The first-order valence-corrected chi connectivity index (χ1v) is 6.81. The van der Waals surface area contributed by atoms with Crippen molar-refractivity contribution in [1.29, 1.82) is 0 Å². The van der Waals surface area contributed by atoms with Gasteiger partial charge < -0.3 is 4.52 Å². The highest BCUT2D eigenvalue weighted by Gasteiger charge is 2.30. The highest BCUT2D eigenvalue weighted by molar-refractivity contribution is 5.26. The van der Waals surface area contributed by atoms with Crippen LogP contribution in [0.25, 0.3) is 0 Å². The summed E-state index contributed by atoms with van der Waals surface area (Å²) in [5.41, 5.74) is 3.63. The van der Waals surface area contributed by atoms with Crippen LogP contribution in [0, 0.1) is 13.8 Å². The minimum atomic E-state index is 0.444. The first kappa shape index (κ1) is 12.4. The van der Waals surface area contributed by atoms with Crippen LogP contribution >= 0.6 is 0 Å². The van der Waals surface area contributed by atoms with Crippen LogP contribution < -0.4 is 0 Å². The van der Waals surface area contributed by atoms with Gasteiger partial charge in [0.15, 0.2) is 0 Å². The molecule has 0 spiro atoms. The average molecular weight is 257 g/mol. The van der Waals surface area contributed by atoms with Crippen molar-refractivity contribution in [3.05, 3.63) is 47.1 Å². The standard InChI is InChI=1S/C15H19N3O/c1-11-15(12(2)19-17-11)14-4-3-9-18(14)10-13-5-7-16-8-6-13/h5-8,14H,3-4,9-10H2,1-2H3/t14-/m1/s1. The van der Waals surface area contributed by atoms with Gasteiger partial charge in [-0.05, 0) is 50.9 Å². The van der Waals surface area contributed by atoms with Crippen LogP contribution in [-0.4, -0.2) is 21.6 Å². The van der Waals surface area contributed by atoms with Crippen molar-refractivity contribution >= 4 is 0 Å². The second kappa shape index (κ2) is 5.13. The van der Waals surface area contributed by atoms with E-state index in [1.807, 2.05) is 26.2 Å². The summed E-state index contributed by atoms with van der Waals surface area (Å²) in [4.78, 5) is 6.59. The van der Waals surface area contributed by atoms with E-state index >= 15 is 0 Å². The molecule has 1 aliphatic heterocycles. The van der Waals surface area contributed by atoms with Gasteiger partial charge in [0.1, 0.15) is 5.76 Å². The monoisotopic (exact) mass is 257 g/mol. The van der Waals surface area contributed by atoms with Crippen molar-refractivity contribution in [2.45, 2.75) is 39.3 Å². The molecule has 1 saturated heterocycles. The van der Waals surface area contributed by atoms with Crippen molar-refractivity contribution < 1.29 is 4.52 Å². The summed E-state index contributed by atoms with van der Waals surface area (Å²) in [7, 11) is 0. The number of hydrogen-bond donors (Lipinski definition) is 0. The van der Waals surface area contributed by atoms with E-state index in [1.165, 1.54) is 24.0 Å². The van der Waals surface area contributed by atoms with Gasteiger partial charge in [-0.2, -0.15) is 0 Å². The van der Waals surface area contributed by atoms with E-state index < -0.39 is 0 Å². The fraction of sp³-hybridized carbons (Fsp3) is 0.467. The van der Waals surface area contributed by atoms with Gasteiger partial charge in [-0.25, -0.2) is 0 Å². The maximum Gasteiger partial charge on any atom is 0.138 e. The van der Waals surface area contributed by atoms with Gasteiger partial charge in [0.25, 0.3) is 0 Å². The molecular weight excluding hydrogens is 238 g/mol. The Hall–Kier alpha value is -1.68. The SMILES string of the molecule is Cc1noc(C)c1[C@H]1CCCN1Cc1ccncc1. The van der Waals surface area contributed by atoms with Gasteiger partial charge in [-0.1, -0.05) is 5.16 Å². The molecule has 0 radical (unpaired) electrons. The van der Waals surface area contributed by atoms with Crippen molar-refractivity contribution in [2.24, 2.45) is 0 Å². The van der Waals surface area contributed by atoms with E-state index in [0.29, 0.717) is 6.04 Å². The molecule has 0 aromatic carbocycles. The molecule has 4 nitrogen and oxygen atoms in total. The van der Waals surface area contributed by atoms with E-state index in [-0.39, 0.29) is 0 Å². The second-order valence-electron chi connectivity index (χ2n) is 5.22. The van der Waals surface area contributed by atoms with Gasteiger partial charge in [-0.15, -0.1) is 0 Å². The minimum absolute atomic E-state index is 0.444. The zero-order valence-electron chi connectivity index (χ0n) is 11.5. The van der Waals surface area contributed by atoms with E-state index in [4.69, 9.17) is 4.52 Å². The molecule has 0 aliphatic carbocycles. The number of aryl methyl sites for hydroxylation is 2. The molecule has 1 atom stereocenters. The normalized spacial score (nSPS) is 20.0. The fourth-order valence-corrected chi connectivity index (χ4v) is 3.03. The number of likely N-dealkylation sites (tertiary alicyclic amines) is 1. The molecule has 0 saturated carbocycles. The van der Waals surface area contributed by atoms with E-state index in [2.05, 4.69) is 27.2 Å². The van der Waals surface area contributed by atoms with Crippen molar-refractivity contribution in [2.75, 3.05) is 6.54 Å². The van der Waals surface area contributed by atoms with Crippen LogP contribution in [0.15, 0.2) is 29.0 Å². The molecule has 100 valence electrons. The molecule has 3 heterocycles. The van der Waals surface area contributed by atoms with Crippen LogP contribution in [0.4, 0.5) is 0 Å². The van der Waals surface area contributed by atoms with Crippen molar-refractivity contribution in [3.8, 4) is 0 Å². The Labute approximate surface area is 113 Å². The Morgan fingerprint density at radius 3 is 2.79 bits per heavy atom. The smallest absolute Gasteiger partial charge is 0.138 e. The first-order chi connectivity index (χ1) is 9.25. The molecule has 1 fully saturated rings. The first-order valence-electron chi connectivity index (χ1n) is 6.81. The minimum Gasteiger partial charge on any atom is -0.361 e. The molecule has 3 rings (SSSR count). The summed E-state index contributed by atoms with van der Waals surface area (Å²) in [6, 6.07) is 4.62. The van der Waals surface area contributed by atoms with Gasteiger partial charge in [-0.3, -0.25) is 9.88 Å². The summed E-state index contributed by atoms with van der Waals surface area (Å²) < 4.78 is 5.32. The van der Waals surface area contributed by atoms with Crippen LogP contribution in [0.1, 0.15) is 41.5 Å². The predicted octanol–water partition coefficient (Wildman–Crippen LogP) is 3.02. The third-order valence-corrected chi connectivity index (χ3v) is 3.92. The lowest BCUT2D eigenvalue weighted by atomic mass is 10.0. The molecular formula is C15H19N3O. The van der Waals surface area contributed by atoms with Crippen molar-refractivity contribution in [1.82, 2.24) is 15.0 Å². The largest absolute Gasteiger partial charge is 0.361 e. The second-order valence-corrected chi connectivity index (χ2v) is 5.22. The summed E-state index contributed by atoms with van der Waals surface area (Å²) in [5, 5.41) is 4.09. The number of aromatic nitrogens is 2. The topological polar surface area (TPSA) is 42.2 Å². The molecule has 0 unspecified atom stereocenters. The third kappa shape index (κ3) is 2.40.